The Hall–Kier alpha value is -3.75. The van der Waals surface area contributed by atoms with Gasteiger partial charge in [0.1, 0.15) is 6.04 Å². The smallest absolute Gasteiger partial charge is 0.322 e. The molecular formula is C23H21FN4O4. The molecule has 32 heavy (non-hydrogen) atoms. The quantitative estimate of drug-likeness (QED) is 0.707. The Morgan fingerprint density at radius 3 is 2.72 bits per heavy atom. The van der Waals surface area contributed by atoms with E-state index in [0.717, 1.165) is 11.3 Å². The van der Waals surface area contributed by atoms with Gasteiger partial charge in [-0.15, -0.1) is 0 Å². The highest BCUT2D eigenvalue weighted by atomic mass is 19.1. The lowest BCUT2D eigenvalue weighted by Crippen LogP contribution is -2.52. The maximum Gasteiger partial charge on any atom is 0.326 e. The molecule has 0 bridgehead atoms. The van der Waals surface area contributed by atoms with Crippen molar-refractivity contribution in [2.24, 2.45) is 0 Å². The van der Waals surface area contributed by atoms with Crippen LogP contribution in [-0.2, 0) is 22.6 Å². The van der Waals surface area contributed by atoms with Crippen LogP contribution in [0.15, 0.2) is 36.4 Å². The number of fused-ring (bicyclic) bond motifs is 2. The molecule has 2 aromatic rings. The van der Waals surface area contributed by atoms with Crippen molar-refractivity contribution in [3.63, 3.8) is 0 Å². The number of amides is 5. The van der Waals surface area contributed by atoms with Gasteiger partial charge in [0.15, 0.2) is 5.82 Å². The lowest BCUT2D eigenvalue weighted by atomic mass is 10.0. The van der Waals surface area contributed by atoms with Crippen molar-refractivity contribution < 1.29 is 23.6 Å². The lowest BCUT2D eigenvalue weighted by molar-refractivity contribution is -0.136. The Labute approximate surface area is 183 Å². The van der Waals surface area contributed by atoms with Gasteiger partial charge in [0.05, 0.1) is 12.2 Å². The summed E-state index contributed by atoms with van der Waals surface area (Å²) in [6.45, 7) is 1.83. The molecule has 3 heterocycles. The zero-order valence-electron chi connectivity index (χ0n) is 17.4. The average Bonchev–Trinajstić information content (AvgIpc) is 3.27. The number of hydrogen-bond donors (Lipinski definition) is 2. The van der Waals surface area contributed by atoms with Crippen LogP contribution in [-0.4, -0.2) is 40.7 Å². The number of rotatable bonds is 2. The van der Waals surface area contributed by atoms with Gasteiger partial charge in [-0.2, -0.15) is 0 Å². The SMILES string of the molecule is CC1Cc2ccccc2N1C(=O)Nc1ccc2c(c1F)CN(C1CCC(=O)NC1=O)C2=O. The molecule has 9 heteroatoms. The minimum atomic E-state index is -0.827. The van der Waals surface area contributed by atoms with Crippen LogP contribution in [0.3, 0.4) is 0 Å². The fraction of sp³-hybridized carbons (Fsp3) is 0.304. The standard InChI is InChI=1S/C23H21FN4O4/c1-12-10-13-4-2-3-5-17(13)28(12)23(32)25-16-7-6-14-15(20(16)24)11-27(22(14)31)18-8-9-19(29)26-21(18)30/h2-7,12,18H,8-11H2,1H3,(H,25,32)(H,26,29,30). The average molecular weight is 436 g/mol. The Bertz CT molecular complexity index is 1180. The molecule has 0 spiro atoms. The van der Waals surface area contributed by atoms with Crippen molar-refractivity contribution in [1.29, 1.82) is 0 Å². The predicted octanol–water partition coefficient (Wildman–Crippen LogP) is 2.57. The first-order valence-corrected chi connectivity index (χ1v) is 10.5. The lowest BCUT2D eigenvalue weighted by Gasteiger charge is -2.29. The molecule has 1 fully saturated rings. The fourth-order valence-corrected chi connectivity index (χ4v) is 4.75. The van der Waals surface area contributed by atoms with Crippen LogP contribution in [0.2, 0.25) is 0 Å². The number of benzene rings is 2. The molecule has 5 amide bonds. The van der Waals surface area contributed by atoms with Crippen LogP contribution in [0.1, 0.15) is 41.3 Å². The summed E-state index contributed by atoms with van der Waals surface area (Å²) in [7, 11) is 0. The van der Waals surface area contributed by atoms with E-state index < -0.39 is 29.7 Å². The highest BCUT2D eigenvalue weighted by molar-refractivity contribution is 6.07. The number of nitrogens with zero attached hydrogens (tertiary/aromatic N) is 2. The van der Waals surface area contributed by atoms with Crippen molar-refractivity contribution in [1.82, 2.24) is 10.2 Å². The van der Waals surface area contributed by atoms with Crippen molar-refractivity contribution in [3.05, 3.63) is 58.9 Å². The number of piperidine rings is 1. The van der Waals surface area contributed by atoms with Crippen LogP contribution in [0.5, 0.6) is 0 Å². The Morgan fingerprint density at radius 2 is 1.94 bits per heavy atom. The molecule has 3 aliphatic heterocycles. The highest BCUT2D eigenvalue weighted by Gasteiger charge is 2.41. The largest absolute Gasteiger partial charge is 0.326 e. The minimum Gasteiger partial charge on any atom is -0.322 e. The number of urea groups is 1. The molecule has 8 nitrogen and oxygen atoms in total. The van der Waals surface area contributed by atoms with E-state index in [1.807, 2.05) is 31.2 Å². The van der Waals surface area contributed by atoms with E-state index in [4.69, 9.17) is 0 Å². The van der Waals surface area contributed by atoms with E-state index in [1.165, 1.54) is 17.0 Å². The molecule has 5 rings (SSSR count). The van der Waals surface area contributed by atoms with Gasteiger partial charge in [0.25, 0.3) is 5.91 Å². The molecule has 164 valence electrons. The maximum atomic E-state index is 15.3. The Balaban J connectivity index is 1.38. The second-order valence-electron chi connectivity index (χ2n) is 8.34. The molecule has 0 radical (unpaired) electrons. The number of halogens is 1. The molecule has 2 N–H and O–H groups in total. The van der Waals surface area contributed by atoms with Gasteiger partial charge in [-0.1, -0.05) is 18.2 Å². The second-order valence-corrected chi connectivity index (χ2v) is 8.34. The molecule has 2 aromatic carbocycles. The van der Waals surface area contributed by atoms with E-state index in [-0.39, 0.29) is 48.1 Å². The van der Waals surface area contributed by atoms with Crippen molar-refractivity contribution >= 4 is 35.1 Å². The first kappa shape index (κ1) is 20.2. The molecule has 1 saturated heterocycles. The monoisotopic (exact) mass is 436 g/mol. The predicted molar refractivity (Wildman–Crippen MR) is 114 cm³/mol. The van der Waals surface area contributed by atoms with E-state index in [1.54, 1.807) is 4.90 Å². The number of anilines is 2. The summed E-state index contributed by atoms with van der Waals surface area (Å²) in [5, 5.41) is 4.86. The fourth-order valence-electron chi connectivity index (χ4n) is 4.75. The molecule has 0 aromatic heterocycles. The third-order valence-corrected chi connectivity index (χ3v) is 6.32. The molecule has 2 unspecified atom stereocenters. The van der Waals surface area contributed by atoms with Crippen LogP contribution < -0.4 is 15.5 Å². The molecule has 3 aliphatic rings. The first-order chi connectivity index (χ1) is 15.3. The van der Waals surface area contributed by atoms with Gasteiger partial charge >= 0.3 is 6.03 Å². The van der Waals surface area contributed by atoms with Crippen LogP contribution in [0.4, 0.5) is 20.6 Å². The zero-order valence-corrected chi connectivity index (χ0v) is 17.4. The summed E-state index contributed by atoms with van der Waals surface area (Å²) in [5.41, 5.74) is 2.11. The number of nitrogens with one attached hydrogen (secondary N) is 2. The van der Waals surface area contributed by atoms with Gasteiger partial charge < -0.3 is 10.2 Å². The summed E-state index contributed by atoms with van der Waals surface area (Å²) in [4.78, 5) is 52.2. The third-order valence-electron chi connectivity index (χ3n) is 6.32. The Morgan fingerprint density at radius 1 is 1.16 bits per heavy atom. The van der Waals surface area contributed by atoms with E-state index >= 15 is 4.39 Å². The van der Waals surface area contributed by atoms with Crippen LogP contribution in [0.25, 0.3) is 0 Å². The van der Waals surface area contributed by atoms with Crippen LogP contribution in [0, 0.1) is 5.82 Å². The summed E-state index contributed by atoms with van der Waals surface area (Å²) in [6, 6.07) is 9.06. The Kier molecular flexibility index (Phi) is 4.69. The van der Waals surface area contributed by atoms with E-state index in [0.29, 0.717) is 6.42 Å². The zero-order chi connectivity index (χ0) is 22.6. The topological polar surface area (TPSA) is 98.8 Å². The first-order valence-electron chi connectivity index (χ1n) is 10.5. The number of imide groups is 1. The van der Waals surface area contributed by atoms with Crippen molar-refractivity contribution in [2.45, 2.75) is 44.8 Å². The summed E-state index contributed by atoms with van der Waals surface area (Å²) < 4.78 is 15.3. The second kappa shape index (κ2) is 7.44. The van der Waals surface area contributed by atoms with Crippen LogP contribution >= 0.6 is 0 Å². The summed E-state index contributed by atoms with van der Waals surface area (Å²) in [5.74, 6) is -2.10. The normalized spacial score (nSPS) is 22.0. The number of hydrogen-bond acceptors (Lipinski definition) is 4. The summed E-state index contributed by atoms with van der Waals surface area (Å²) >= 11 is 0. The number of carbonyl (C=O) groups excluding carboxylic acids is 4. The molecule has 0 aliphatic carbocycles. The van der Waals surface area contributed by atoms with Crippen molar-refractivity contribution in [3.8, 4) is 0 Å². The van der Waals surface area contributed by atoms with Gasteiger partial charge in [-0.3, -0.25) is 24.6 Å². The minimum absolute atomic E-state index is 0.0248. The molecule has 2 atom stereocenters. The highest BCUT2D eigenvalue weighted by Crippen LogP contribution is 2.35. The van der Waals surface area contributed by atoms with Gasteiger partial charge in [0.2, 0.25) is 11.8 Å². The maximum absolute atomic E-state index is 15.3. The number of carbonyl (C=O) groups is 4. The number of para-hydroxylation sites is 1. The van der Waals surface area contributed by atoms with Gasteiger partial charge in [0, 0.05) is 29.3 Å². The molecule has 0 saturated carbocycles. The van der Waals surface area contributed by atoms with Gasteiger partial charge in [-0.25, -0.2) is 9.18 Å². The van der Waals surface area contributed by atoms with E-state index in [9.17, 15) is 19.2 Å². The third kappa shape index (κ3) is 3.12. The van der Waals surface area contributed by atoms with Gasteiger partial charge in [-0.05, 0) is 43.5 Å². The van der Waals surface area contributed by atoms with Crippen molar-refractivity contribution in [2.75, 3.05) is 10.2 Å². The summed E-state index contributed by atoms with van der Waals surface area (Å²) in [6.07, 6.45) is 1.03. The van der Waals surface area contributed by atoms with E-state index in [2.05, 4.69) is 10.6 Å². The molecular weight excluding hydrogens is 415 g/mol.